The highest BCUT2D eigenvalue weighted by Gasteiger charge is 2.28. The van der Waals surface area contributed by atoms with Gasteiger partial charge >= 0.3 is 0 Å². The number of hydrogen-bond donors (Lipinski definition) is 1. The molecule has 0 spiro atoms. The summed E-state index contributed by atoms with van der Waals surface area (Å²) in [5, 5.41) is 2.96. The third kappa shape index (κ3) is 6.64. The highest BCUT2D eigenvalue weighted by atomic mass is 19.1. The Labute approximate surface area is 201 Å². The second-order valence-electron chi connectivity index (χ2n) is 9.48. The number of nitrogens with one attached hydrogen (secondary N) is 1. The number of piperidine rings is 1. The maximum atomic E-state index is 13.0. The molecule has 0 radical (unpaired) electrons. The molecule has 2 saturated heterocycles. The third-order valence-corrected chi connectivity index (χ3v) is 7.08. The Hall–Kier alpha value is -2.77. The fraction of sp³-hybridized carbons (Fsp3) is 0.481. The van der Waals surface area contributed by atoms with Gasteiger partial charge in [0.2, 0.25) is 11.8 Å². The average molecular weight is 467 g/mol. The monoisotopic (exact) mass is 466 g/mol. The fourth-order valence-corrected chi connectivity index (χ4v) is 4.76. The maximum absolute atomic E-state index is 13.0. The summed E-state index contributed by atoms with van der Waals surface area (Å²) in [7, 11) is 0. The summed E-state index contributed by atoms with van der Waals surface area (Å²) in [6.07, 6.45) is 1.51. The summed E-state index contributed by atoms with van der Waals surface area (Å²) < 4.78 is 13.0. The van der Waals surface area contributed by atoms with Crippen molar-refractivity contribution in [2.24, 2.45) is 5.92 Å². The topological polar surface area (TPSA) is 55.9 Å². The van der Waals surface area contributed by atoms with Gasteiger partial charge in [-0.25, -0.2) is 4.39 Å². The molecule has 0 aliphatic carbocycles. The van der Waals surface area contributed by atoms with Crippen LogP contribution < -0.4 is 5.32 Å². The first-order chi connectivity index (χ1) is 16.5. The van der Waals surface area contributed by atoms with Crippen molar-refractivity contribution in [2.45, 2.75) is 32.9 Å². The van der Waals surface area contributed by atoms with Gasteiger partial charge in [0.05, 0.1) is 6.54 Å². The summed E-state index contributed by atoms with van der Waals surface area (Å²) in [5.41, 5.74) is 3.55. The molecule has 34 heavy (non-hydrogen) atoms. The van der Waals surface area contributed by atoms with Crippen LogP contribution in [-0.4, -0.2) is 72.3 Å². The average Bonchev–Trinajstić information content (AvgIpc) is 2.86. The van der Waals surface area contributed by atoms with E-state index in [1.807, 2.05) is 4.90 Å². The Morgan fingerprint density at radius 2 is 1.59 bits per heavy atom. The molecule has 0 atom stereocenters. The van der Waals surface area contributed by atoms with Crippen LogP contribution in [0.3, 0.4) is 0 Å². The van der Waals surface area contributed by atoms with Gasteiger partial charge in [0.25, 0.3) is 0 Å². The van der Waals surface area contributed by atoms with E-state index in [4.69, 9.17) is 0 Å². The highest BCUT2D eigenvalue weighted by Crippen LogP contribution is 2.18. The van der Waals surface area contributed by atoms with Gasteiger partial charge < -0.3 is 10.2 Å². The van der Waals surface area contributed by atoms with E-state index in [-0.39, 0.29) is 23.5 Å². The number of nitrogens with zero attached hydrogens (tertiary/aromatic N) is 3. The van der Waals surface area contributed by atoms with Crippen molar-refractivity contribution in [3.8, 4) is 0 Å². The summed E-state index contributed by atoms with van der Waals surface area (Å²) >= 11 is 0. The maximum Gasteiger partial charge on any atom is 0.236 e. The Kier molecular flexibility index (Phi) is 8.29. The lowest BCUT2D eigenvalue weighted by Gasteiger charge is -2.37. The number of amides is 2. The van der Waals surface area contributed by atoms with Crippen LogP contribution in [0.25, 0.3) is 0 Å². The number of piperazine rings is 1. The molecule has 2 aromatic carbocycles. The molecule has 2 fully saturated rings. The lowest BCUT2D eigenvalue weighted by molar-refractivity contribution is -0.134. The predicted octanol–water partition coefficient (Wildman–Crippen LogP) is 2.81. The Balaban J connectivity index is 1.14. The smallest absolute Gasteiger partial charge is 0.236 e. The van der Waals surface area contributed by atoms with Crippen LogP contribution in [0.15, 0.2) is 48.5 Å². The largest absolute Gasteiger partial charge is 0.352 e. The molecular weight excluding hydrogens is 431 g/mol. The van der Waals surface area contributed by atoms with Crippen molar-refractivity contribution < 1.29 is 14.0 Å². The second kappa shape index (κ2) is 11.6. The molecule has 1 N–H and O–H groups in total. The lowest BCUT2D eigenvalue weighted by atomic mass is 9.95. The molecule has 2 aliphatic heterocycles. The van der Waals surface area contributed by atoms with Crippen LogP contribution in [0.1, 0.15) is 29.5 Å². The van der Waals surface area contributed by atoms with E-state index >= 15 is 0 Å². The minimum absolute atomic E-state index is 0.0308. The molecule has 2 aromatic rings. The molecule has 7 heteroatoms. The van der Waals surface area contributed by atoms with E-state index in [1.54, 1.807) is 12.1 Å². The van der Waals surface area contributed by atoms with Gasteiger partial charge in [-0.2, -0.15) is 0 Å². The molecule has 0 unspecified atom stereocenters. The predicted molar refractivity (Wildman–Crippen MR) is 130 cm³/mol. The van der Waals surface area contributed by atoms with Gasteiger partial charge in [-0.1, -0.05) is 36.4 Å². The minimum atomic E-state index is -0.277. The fourth-order valence-electron chi connectivity index (χ4n) is 4.76. The SMILES string of the molecule is Cc1ccccc1CN1CCN(C(=O)CN2CCC(C(=O)NCc3ccc(F)cc3)CC2)CC1. The van der Waals surface area contributed by atoms with Crippen molar-refractivity contribution >= 4 is 11.8 Å². The first-order valence-corrected chi connectivity index (χ1v) is 12.3. The van der Waals surface area contributed by atoms with Crippen LogP contribution in [0.4, 0.5) is 4.39 Å². The molecule has 182 valence electrons. The van der Waals surface area contributed by atoms with Crippen LogP contribution >= 0.6 is 0 Å². The molecular formula is C27H35FN4O2. The van der Waals surface area contributed by atoms with Crippen molar-refractivity contribution in [1.29, 1.82) is 0 Å². The summed E-state index contributed by atoms with van der Waals surface area (Å²) in [6.45, 7) is 8.78. The quantitative estimate of drug-likeness (QED) is 0.682. The van der Waals surface area contributed by atoms with Crippen molar-refractivity contribution in [1.82, 2.24) is 20.0 Å². The molecule has 2 heterocycles. The van der Waals surface area contributed by atoms with Gasteiger partial charge in [0.15, 0.2) is 0 Å². The van der Waals surface area contributed by atoms with E-state index in [0.29, 0.717) is 13.1 Å². The number of likely N-dealkylation sites (tertiary alicyclic amines) is 1. The molecule has 0 saturated carbocycles. The van der Waals surface area contributed by atoms with Gasteiger partial charge in [-0.05, 0) is 61.7 Å². The van der Waals surface area contributed by atoms with Crippen molar-refractivity contribution in [2.75, 3.05) is 45.8 Å². The van der Waals surface area contributed by atoms with E-state index in [2.05, 4.69) is 46.3 Å². The van der Waals surface area contributed by atoms with Crippen LogP contribution in [-0.2, 0) is 22.7 Å². The van der Waals surface area contributed by atoms with Gasteiger partial charge in [-0.15, -0.1) is 0 Å². The Bertz CT molecular complexity index is 965. The van der Waals surface area contributed by atoms with Gasteiger partial charge in [0, 0.05) is 45.2 Å². The number of halogens is 1. The molecule has 6 nitrogen and oxygen atoms in total. The van der Waals surface area contributed by atoms with Crippen molar-refractivity contribution in [3.05, 3.63) is 71.0 Å². The number of benzene rings is 2. The molecule has 4 rings (SSSR count). The van der Waals surface area contributed by atoms with Gasteiger partial charge in [-0.3, -0.25) is 19.4 Å². The van der Waals surface area contributed by atoms with Crippen LogP contribution in [0, 0.1) is 18.7 Å². The number of aryl methyl sites for hydroxylation is 1. The number of carbonyl (C=O) groups excluding carboxylic acids is 2. The van der Waals surface area contributed by atoms with Crippen molar-refractivity contribution in [3.63, 3.8) is 0 Å². The summed E-state index contributed by atoms with van der Waals surface area (Å²) in [4.78, 5) is 31.9. The highest BCUT2D eigenvalue weighted by molar-refractivity contribution is 5.79. The minimum Gasteiger partial charge on any atom is -0.352 e. The third-order valence-electron chi connectivity index (χ3n) is 7.08. The lowest BCUT2D eigenvalue weighted by Crippen LogP contribution is -2.52. The molecule has 0 bridgehead atoms. The van der Waals surface area contributed by atoms with E-state index < -0.39 is 0 Å². The first-order valence-electron chi connectivity index (χ1n) is 12.3. The zero-order chi connectivity index (χ0) is 23.9. The zero-order valence-electron chi connectivity index (χ0n) is 20.0. The van der Waals surface area contributed by atoms with Crippen LogP contribution in [0.2, 0.25) is 0 Å². The van der Waals surface area contributed by atoms with E-state index in [0.717, 1.165) is 64.2 Å². The number of hydrogen-bond acceptors (Lipinski definition) is 4. The number of rotatable bonds is 7. The normalized spacial score (nSPS) is 18.1. The summed E-state index contributed by atoms with van der Waals surface area (Å²) in [6, 6.07) is 14.7. The van der Waals surface area contributed by atoms with E-state index in [1.165, 1.54) is 23.3 Å². The molecule has 2 aliphatic rings. The Morgan fingerprint density at radius 3 is 2.26 bits per heavy atom. The standard InChI is InChI=1S/C27H35FN4O2/c1-21-4-2-3-5-24(21)19-31-14-16-32(17-15-31)26(33)20-30-12-10-23(11-13-30)27(34)29-18-22-6-8-25(28)9-7-22/h2-9,23H,10-20H2,1H3,(H,29,34). The zero-order valence-corrected chi connectivity index (χ0v) is 20.0. The van der Waals surface area contributed by atoms with Crippen LogP contribution in [0.5, 0.6) is 0 Å². The molecule has 0 aromatic heterocycles. The first kappa shape index (κ1) is 24.4. The van der Waals surface area contributed by atoms with Gasteiger partial charge in [0.1, 0.15) is 5.82 Å². The summed E-state index contributed by atoms with van der Waals surface area (Å²) in [5.74, 6) is -0.0761. The number of carbonyl (C=O) groups is 2. The Morgan fingerprint density at radius 1 is 0.912 bits per heavy atom. The second-order valence-corrected chi connectivity index (χ2v) is 9.48. The molecule has 2 amide bonds. The van der Waals surface area contributed by atoms with E-state index in [9.17, 15) is 14.0 Å².